The van der Waals surface area contributed by atoms with Gasteiger partial charge in [0.1, 0.15) is 0 Å². The lowest BCUT2D eigenvalue weighted by Gasteiger charge is -2.20. The van der Waals surface area contributed by atoms with Crippen molar-refractivity contribution in [1.82, 2.24) is 19.9 Å². The summed E-state index contributed by atoms with van der Waals surface area (Å²) >= 11 is 0. The summed E-state index contributed by atoms with van der Waals surface area (Å²) in [5.74, 6) is 1.80. The van der Waals surface area contributed by atoms with Crippen molar-refractivity contribution < 1.29 is 0 Å². The molecule has 2 aromatic heterocycles. The predicted molar refractivity (Wildman–Crippen MR) is 107 cm³/mol. The molecule has 7 heteroatoms. The van der Waals surface area contributed by atoms with E-state index in [1.54, 1.807) is 6.20 Å². The van der Waals surface area contributed by atoms with Crippen LogP contribution >= 0.6 is 0 Å². The summed E-state index contributed by atoms with van der Waals surface area (Å²) in [6.45, 7) is 8.81. The van der Waals surface area contributed by atoms with E-state index in [0.29, 0.717) is 17.8 Å². The molecule has 0 aliphatic carbocycles. The van der Waals surface area contributed by atoms with Gasteiger partial charge in [-0.15, -0.1) is 0 Å². The molecule has 1 aromatic carbocycles. The van der Waals surface area contributed by atoms with Gasteiger partial charge in [-0.05, 0) is 44.5 Å². The van der Waals surface area contributed by atoms with Crippen LogP contribution in [-0.4, -0.2) is 39.6 Å². The van der Waals surface area contributed by atoms with E-state index < -0.39 is 0 Å². The molecule has 0 fully saturated rings. The third-order valence-electron chi connectivity index (χ3n) is 4.06. The first-order valence-electron chi connectivity index (χ1n) is 9.10. The Balaban J connectivity index is 1.92. The maximum Gasteiger partial charge on any atom is 0.233 e. The molecule has 0 unspecified atom stereocenters. The van der Waals surface area contributed by atoms with E-state index in [2.05, 4.69) is 56.2 Å². The van der Waals surface area contributed by atoms with Crippen LogP contribution < -0.4 is 15.5 Å². The number of pyridine rings is 1. The topological polar surface area (TPSA) is 78.9 Å². The van der Waals surface area contributed by atoms with Gasteiger partial charge in [0.15, 0.2) is 0 Å². The van der Waals surface area contributed by atoms with Crippen molar-refractivity contribution in [3.05, 3.63) is 36.5 Å². The van der Waals surface area contributed by atoms with Gasteiger partial charge in [0.2, 0.25) is 17.8 Å². The SMILES string of the molecule is CCCNc1nc(Nc2ccc3ncccc3c2)nc(N(CC)CC)n1. The number of fused-ring (bicyclic) bond motifs is 1. The van der Waals surface area contributed by atoms with E-state index in [9.17, 15) is 0 Å². The minimum atomic E-state index is 0.531. The monoisotopic (exact) mass is 351 g/mol. The molecule has 7 nitrogen and oxygen atoms in total. The molecule has 0 spiro atoms. The third-order valence-corrected chi connectivity index (χ3v) is 4.06. The van der Waals surface area contributed by atoms with Crippen molar-refractivity contribution in [1.29, 1.82) is 0 Å². The molecule has 0 bridgehead atoms. The van der Waals surface area contributed by atoms with Crippen LogP contribution in [0.3, 0.4) is 0 Å². The van der Waals surface area contributed by atoms with Crippen molar-refractivity contribution in [2.24, 2.45) is 0 Å². The number of rotatable bonds is 8. The number of nitrogens with one attached hydrogen (secondary N) is 2. The van der Waals surface area contributed by atoms with Gasteiger partial charge >= 0.3 is 0 Å². The molecule has 0 aliphatic rings. The molecule has 26 heavy (non-hydrogen) atoms. The fourth-order valence-electron chi connectivity index (χ4n) is 2.67. The van der Waals surface area contributed by atoms with E-state index in [0.717, 1.165) is 42.6 Å². The van der Waals surface area contributed by atoms with E-state index in [1.165, 1.54) is 0 Å². The van der Waals surface area contributed by atoms with Crippen molar-refractivity contribution in [3.8, 4) is 0 Å². The van der Waals surface area contributed by atoms with Gasteiger partial charge in [-0.25, -0.2) is 0 Å². The summed E-state index contributed by atoms with van der Waals surface area (Å²) < 4.78 is 0. The molecule has 2 heterocycles. The molecule has 0 aliphatic heterocycles. The van der Waals surface area contributed by atoms with E-state index in [4.69, 9.17) is 0 Å². The second-order valence-corrected chi connectivity index (χ2v) is 5.92. The lowest BCUT2D eigenvalue weighted by atomic mass is 10.2. The number of anilines is 4. The second-order valence-electron chi connectivity index (χ2n) is 5.92. The molecular weight excluding hydrogens is 326 g/mol. The fraction of sp³-hybridized carbons (Fsp3) is 0.368. The molecule has 0 atom stereocenters. The predicted octanol–water partition coefficient (Wildman–Crippen LogP) is 3.83. The van der Waals surface area contributed by atoms with Gasteiger partial charge in [-0.1, -0.05) is 13.0 Å². The summed E-state index contributed by atoms with van der Waals surface area (Å²) in [6, 6.07) is 9.98. The Kier molecular flexibility index (Phi) is 5.78. The van der Waals surface area contributed by atoms with Crippen molar-refractivity contribution in [3.63, 3.8) is 0 Å². The average Bonchev–Trinajstić information content (AvgIpc) is 2.67. The maximum absolute atomic E-state index is 4.60. The zero-order valence-corrected chi connectivity index (χ0v) is 15.5. The highest BCUT2D eigenvalue weighted by Gasteiger charge is 2.11. The Labute approximate surface area is 153 Å². The van der Waals surface area contributed by atoms with Crippen LogP contribution in [-0.2, 0) is 0 Å². The molecule has 2 N–H and O–H groups in total. The molecule has 0 radical (unpaired) electrons. The molecule has 3 aromatic rings. The van der Waals surface area contributed by atoms with Crippen molar-refractivity contribution >= 4 is 34.4 Å². The molecule has 136 valence electrons. The number of hydrogen-bond donors (Lipinski definition) is 2. The van der Waals surface area contributed by atoms with Crippen LogP contribution in [0.15, 0.2) is 36.5 Å². The second kappa shape index (κ2) is 8.42. The first-order chi connectivity index (χ1) is 12.7. The highest BCUT2D eigenvalue weighted by atomic mass is 15.3. The zero-order valence-electron chi connectivity index (χ0n) is 15.5. The normalized spacial score (nSPS) is 10.7. The highest BCUT2D eigenvalue weighted by Crippen LogP contribution is 2.21. The van der Waals surface area contributed by atoms with E-state index in [-0.39, 0.29) is 0 Å². The van der Waals surface area contributed by atoms with Gasteiger partial charge in [0, 0.05) is 36.9 Å². The van der Waals surface area contributed by atoms with Gasteiger partial charge in [-0.2, -0.15) is 15.0 Å². The first-order valence-corrected chi connectivity index (χ1v) is 9.10. The quantitative estimate of drug-likeness (QED) is 0.638. The molecule has 0 saturated heterocycles. The summed E-state index contributed by atoms with van der Waals surface area (Å²) in [6.07, 6.45) is 2.80. The Morgan fingerprint density at radius 3 is 2.54 bits per heavy atom. The van der Waals surface area contributed by atoms with E-state index >= 15 is 0 Å². The Hall–Kier alpha value is -2.96. The maximum atomic E-state index is 4.60. The van der Waals surface area contributed by atoms with Crippen LogP contribution in [0.5, 0.6) is 0 Å². The Morgan fingerprint density at radius 1 is 0.962 bits per heavy atom. The summed E-state index contributed by atoms with van der Waals surface area (Å²) in [5, 5.41) is 7.62. The number of aromatic nitrogens is 4. The summed E-state index contributed by atoms with van der Waals surface area (Å²) in [4.78, 5) is 20.1. The number of benzene rings is 1. The van der Waals surface area contributed by atoms with Crippen LogP contribution in [0.2, 0.25) is 0 Å². The van der Waals surface area contributed by atoms with Gasteiger partial charge < -0.3 is 15.5 Å². The molecule has 0 saturated carbocycles. The lowest BCUT2D eigenvalue weighted by molar-refractivity contribution is 0.812. The van der Waals surface area contributed by atoms with Crippen molar-refractivity contribution in [2.45, 2.75) is 27.2 Å². The zero-order chi connectivity index (χ0) is 18.4. The first kappa shape index (κ1) is 17.8. The minimum Gasteiger partial charge on any atom is -0.354 e. The van der Waals surface area contributed by atoms with E-state index in [1.807, 2.05) is 30.3 Å². The summed E-state index contributed by atoms with van der Waals surface area (Å²) in [5.41, 5.74) is 1.88. The minimum absolute atomic E-state index is 0.531. The van der Waals surface area contributed by atoms with Gasteiger partial charge in [-0.3, -0.25) is 4.98 Å². The van der Waals surface area contributed by atoms with Gasteiger partial charge in [0.05, 0.1) is 5.52 Å². The smallest absolute Gasteiger partial charge is 0.233 e. The average molecular weight is 351 g/mol. The molecule has 0 amide bonds. The summed E-state index contributed by atoms with van der Waals surface area (Å²) in [7, 11) is 0. The van der Waals surface area contributed by atoms with Crippen molar-refractivity contribution in [2.75, 3.05) is 35.2 Å². The van der Waals surface area contributed by atoms with Crippen LogP contribution in [0.1, 0.15) is 27.2 Å². The number of nitrogens with zero attached hydrogens (tertiary/aromatic N) is 5. The largest absolute Gasteiger partial charge is 0.354 e. The van der Waals surface area contributed by atoms with Crippen LogP contribution in [0.4, 0.5) is 23.5 Å². The standard InChI is InChI=1S/C19H25N7/c1-4-11-21-17-23-18(25-19(24-17)26(5-2)6-3)22-15-9-10-16-14(13-15)8-7-12-20-16/h7-10,12-13H,4-6,11H2,1-3H3,(H2,21,22,23,24,25). The van der Waals surface area contributed by atoms with Crippen LogP contribution in [0.25, 0.3) is 10.9 Å². The van der Waals surface area contributed by atoms with Gasteiger partial charge in [0.25, 0.3) is 0 Å². The number of hydrogen-bond acceptors (Lipinski definition) is 7. The lowest BCUT2D eigenvalue weighted by Crippen LogP contribution is -2.25. The Bertz CT molecular complexity index is 861. The fourth-order valence-corrected chi connectivity index (χ4v) is 2.67. The molecular formula is C19H25N7. The van der Waals surface area contributed by atoms with Crippen LogP contribution in [0, 0.1) is 0 Å². The highest BCUT2D eigenvalue weighted by molar-refractivity contribution is 5.82. The third kappa shape index (κ3) is 4.17. The molecule has 3 rings (SSSR count). The Morgan fingerprint density at radius 2 is 1.77 bits per heavy atom.